The second kappa shape index (κ2) is 8.52. The van der Waals surface area contributed by atoms with Gasteiger partial charge >= 0.3 is 0 Å². The number of anilines is 1. The van der Waals surface area contributed by atoms with Crippen LogP contribution in [0.3, 0.4) is 0 Å². The molecule has 0 saturated heterocycles. The molecule has 2 atom stereocenters. The first kappa shape index (κ1) is 20.5. The van der Waals surface area contributed by atoms with Crippen LogP contribution in [0.2, 0.25) is 0 Å². The van der Waals surface area contributed by atoms with Crippen molar-refractivity contribution >= 4 is 23.4 Å². The van der Waals surface area contributed by atoms with Gasteiger partial charge in [0.05, 0.1) is 6.04 Å². The number of fused-ring (bicyclic) bond motifs is 1. The second-order valence-electron chi connectivity index (χ2n) is 7.85. The maximum atomic E-state index is 13.4. The highest BCUT2D eigenvalue weighted by Crippen LogP contribution is 2.38. The number of carbonyl (C=O) groups is 1. The minimum atomic E-state index is -0.375. The molecule has 1 aromatic heterocycles. The smallest absolute Gasteiger partial charge is 0.240 e. The Morgan fingerprint density at radius 1 is 1.10 bits per heavy atom. The highest BCUT2D eigenvalue weighted by atomic mass is 32.2. The molecule has 3 aromatic rings. The summed E-state index contributed by atoms with van der Waals surface area (Å²) >= 11 is 1.46. The van der Waals surface area contributed by atoms with Gasteiger partial charge in [-0.05, 0) is 44.4 Å². The van der Waals surface area contributed by atoms with Crippen LogP contribution < -0.4 is 10.7 Å². The Balaban J connectivity index is 1.67. The van der Waals surface area contributed by atoms with Gasteiger partial charge in [0.2, 0.25) is 11.1 Å². The number of nitrogens with zero attached hydrogens (tertiary/aromatic N) is 3. The van der Waals surface area contributed by atoms with Gasteiger partial charge in [0.15, 0.2) is 5.82 Å². The molecule has 1 amide bonds. The molecule has 1 aliphatic heterocycles. The first-order valence-corrected chi connectivity index (χ1v) is 11.2. The summed E-state index contributed by atoms with van der Waals surface area (Å²) in [5.41, 5.74) is 8.84. The van der Waals surface area contributed by atoms with Crippen molar-refractivity contribution in [3.8, 4) is 0 Å². The van der Waals surface area contributed by atoms with Gasteiger partial charge in [0.25, 0.3) is 0 Å². The van der Waals surface area contributed by atoms with Crippen LogP contribution in [0, 0.1) is 20.8 Å². The average Bonchev–Trinajstić information content (AvgIpc) is 3.12. The summed E-state index contributed by atoms with van der Waals surface area (Å²) in [5.74, 6) is 0.849. The van der Waals surface area contributed by atoms with E-state index in [1.54, 1.807) is 0 Å². The van der Waals surface area contributed by atoms with Crippen LogP contribution in [-0.2, 0) is 11.2 Å². The fourth-order valence-electron chi connectivity index (χ4n) is 3.67. The van der Waals surface area contributed by atoms with Gasteiger partial charge in [0, 0.05) is 12.1 Å². The van der Waals surface area contributed by atoms with Gasteiger partial charge in [-0.1, -0.05) is 66.2 Å². The lowest BCUT2D eigenvalue weighted by Gasteiger charge is -2.33. The third kappa shape index (κ3) is 4.07. The number of hydrogen-bond acceptors (Lipinski definition) is 5. The molecular weight excluding hydrogens is 394 g/mol. The molecule has 0 bridgehead atoms. The van der Waals surface area contributed by atoms with Crippen LogP contribution in [0.1, 0.15) is 47.5 Å². The SMILES string of the molecule is CCCc1nnc2n1N[C@H](c1ccc(C)cc1)[C@@H](C(=O)Nc1ccc(C)cc1C)S2. The van der Waals surface area contributed by atoms with E-state index >= 15 is 0 Å². The van der Waals surface area contributed by atoms with Gasteiger partial charge in [-0.25, -0.2) is 4.68 Å². The Hall–Kier alpha value is -2.80. The molecule has 2 N–H and O–H groups in total. The monoisotopic (exact) mass is 421 g/mol. The summed E-state index contributed by atoms with van der Waals surface area (Å²) in [7, 11) is 0. The molecule has 30 heavy (non-hydrogen) atoms. The van der Waals surface area contributed by atoms with Crippen molar-refractivity contribution in [3.05, 3.63) is 70.5 Å². The summed E-state index contributed by atoms with van der Waals surface area (Å²) < 4.78 is 1.94. The van der Waals surface area contributed by atoms with Crippen molar-refractivity contribution in [2.24, 2.45) is 0 Å². The van der Waals surface area contributed by atoms with Gasteiger partial charge < -0.3 is 10.7 Å². The number of thioether (sulfide) groups is 1. The molecule has 7 heteroatoms. The summed E-state index contributed by atoms with van der Waals surface area (Å²) in [5, 5.41) is 12.1. The van der Waals surface area contributed by atoms with E-state index in [1.165, 1.54) is 22.9 Å². The van der Waals surface area contributed by atoms with Crippen LogP contribution in [0.4, 0.5) is 5.69 Å². The van der Waals surface area contributed by atoms with Crippen molar-refractivity contribution in [1.29, 1.82) is 0 Å². The van der Waals surface area contributed by atoms with E-state index in [-0.39, 0.29) is 17.2 Å². The molecule has 2 aromatic carbocycles. The third-order valence-electron chi connectivity index (χ3n) is 5.31. The van der Waals surface area contributed by atoms with Crippen molar-refractivity contribution < 1.29 is 4.79 Å². The molecule has 4 rings (SSSR count). The predicted molar refractivity (Wildman–Crippen MR) is 121 cm³/mol. The first-order valence-electron chi connectivity index (χ1n) is 10.3. The molecule has 6 nitrogen and oxygen atoms in total. The lowest BCUT2D eigenvalue weighted by molar-refractivity contribution is -0.116. The highest BCUT2D eigenvalue weighted by Gasteiger charge is 2.37. The first-order chi connectivity index (χ1) is 14.5. The quantitative estimate of drug-likeness (QED) is 0.632. The average molecular weight is 422 g/mol. The normalized spacial score (nSPS) is 17.9. The maximum Gasteiger partial charge on any atom is 0.240 e. The Morgan fingerprint density at radius 2 is 1.83 bits per heavy atom. The van der Waals surface area contributed by atoms with E-state index < -0.39 is 0 Å². The molecule has 0 spiro atoms. The molecule has 0 fully saturated rings. The number of rotatable bonds is 5. The van der Waals surface area contributed by atoms with Crippen molar-refractivity contribution in [3.63, 3.8) is 0 Å². The standard InChI is InChI=1S/C23H27N5OS/c1-5-6-19-25-26-23-28(19)27-20(17-10-7-14(2)8-11-17)21(30-23)22(29)24-18-12-9-15(3)13-16(18)4/h7-13,20-21,27H,5-6H2,1-4H3,(H,24,29)/t20-,21+/m1/s1. The lowest BCUT2D eigenvalue weighted by atomic mass is 10.0. The van der Waals surface area contributed by atoms with Crippen LogP contribution in [-0.4, -0.2) is 26.0 Å². The molecular formula is C23H27N5OS. The topological polar surface area (TPSA) is 71.8 Å². The molecule has 0 unspecified atom stereocenters. The minimum absolute atomic E-state index is 0.0451. The molecule has 0 radical (unpaired) electrons. The van der Waals surface area contributed by atoms with Crippen molar-refractivity contribution in [2.75, 3.05) is 10.7 Å². The summed E-state index contributed by atoms with van der Waals surface area (Å²) in [4.78, 5) is 13.4. The zero-order valence-electron chi connectivity index (χ0n) is 17.8. The number of aromatic nitrogens is 3. The van der Waals surface area contributed by atoms with Crippen LogP contribution in [0.5, 0.6) is 0 Å². The molecule has 0 saturated carbocycles. The fourth-order valence-corrected chi connectivity index (χ4v) is 4.76. The van der Waals surface area contributed by atoms with Crippen molar-refractivity contribution in [2.45, 2.75) is 57.0 Å². The van der Waals surface area contributed by atoms with E-state index in [1.807, 2.05) is 30.7 Å². The Kier molecular flexibility index (Phi) is 5.81. The fraction of sp³-hybridized carbons (Fsp3) is 0.348. The number of hydrogen-bond donors (Lipinski definition) is 2. The highest BCUT2D eigenvalue weighted by molar-refractivity contribution is 8.00. The molecule has 0 aliphatic carbocycles. The zero-order chi connectivity index (χ0) is 21.3. The number of aryl methyl sites for hydroxylation is 4. The molecule has 1 aliphatic rings. The zero-order valence-corrected chi connectivity index (χ0v) is 18.6. The van der Waals surface area contributed by atoms with E-state index in [2.05, 4.69) is 65.1 Å². The summed E-state index contributed by atoms with van der Waals surface area (Å²) in [6.07, 6.45) is 1.82. The van der Waals surface area contributed by atoms with Gasteiger partial charge in [-0.2, -0.15) is 0 Å². The third-order valence-corrected chi connectivity index (χ3v) is 6.53. The van der Waals surface area contributed by atoms with E-state index in [9.17, 15) is 4.79 Å². The van der Waals surface area contributed by atoms with Crippen LogP contribution >= 0.6 is 11.8 Å². The Bertz CT molecular complexity index is 1060. The van der Waals surface area contributed by atoms with Crippen LogP contribution in [0.15, 0.2) is 47.6 Å². The minimum Gasteiger partial charge on any atom is -0.325 e. The molecule has 156 valence electrons. The van der Waals surface area contributed by atoms with E-state index in [0.29, 0.717) is 0 Å². The van der Waals surface area contributed by atoms with E-state index in [4.69, 9.17) is 0 Å². The lowest BCUT2D eigenvalue weighted by Crippen LogP contribution is -2.41. The van der Waals surface area contributed by atoms with Gasteiger partial charge in [-0.15, -0.1) is 10.2 Å². The van der Waals surface area contributed by atoms with Crippen LogP contribution in [0.25, 0.3) is 0 Å². The largest absolute Gasteiger partial charge is 0.325 e. The maximum absolute atomic E-state index is 13.4. The molecule has 2 heterocycles. The van der Waals surface area contributed by atoms with Gasteiger partial charge in [0.1, 0.15) is 5.25 Å². The predicted octanol–water partition coefficient (Wildman–Crippen LogP) is 4.55. The summed E-state index contributed by atoms with van der Waals surface area (Å²) in [6.45, 7) is 8.25. The number of carbonyl (C=O) groups excluding carboxylic acids is 1. The van der Waals surface area contributed by atoms with Crippen molar-refractivity contribution in [1.82, 2.24) is 14.9 Å². The van der Waals surface area contributed by atoms with E-state index in [0.717, 1.165) is 40.6 Å². The number of nitrogens with one attached hydrogen (secondary N) is 2. The Labute approximate surface area is 181 Å². The number of amides is 1. The summed E-state index contributed by atoms with van der Waals surface area (Å²) in [6, 6.07) is 14.2. The Morgan fingerprint density at radius 3 is 2.53 bits per heavy atom. The second-order valence-corrected chi connectivity index (χ2v) is 8.96. The number of benzene rings is 2. The van der Waals surface area contributed by atoms with Gasteiger partial charge in [-0.3, -0.25) is 4.79 Å².